The molecule has 0 radical (unpaired) electrons. The lowest BCUT2D eigenvalue weighted by molar-refractivity contribution is -0.117. The fraction of sp³-hybridized carbons (Fsp3) is 0.529. The number of piperidine rings is 1. The molecule has 1 aliphatic rings. The molecule has 2 rings (SSSR count). The molecule has 1 fully saturated rings. The van der Waals surface area contributed by atoms with Crippen LogP contribution in [0.3, 0.4) is 0 Å². The van der Waals surface area contributed by atoms with Gasteiger partial charge in [-0.2, -0.15) is 0 Å². The van der Waals surface area contributed by atoms with E-state index in [9.17, 15) is 9.59 Å². The van der Waals surface area contributed by atoms with E-state index < -0.39 is 0 Å². The summed E-state index contributed by atoms with van der Waals surface area (Å²) < 4.78 is 0. The number of amides is 2. The van der Waals surface area contributed by atoms with Crippen LogP contribution in [0.1, 0.15) is 33.1 Å². The molecule has 5 nitrogen and oxygen atoms in total. The predicted octanol–water partition coefficient (Wildman–Crippen LogP) is 2.61. The van der Waals surface area contributed by atoms with Gasteiger partial charge in [-0.25, -0.2) is 0 Å². The van der Waals surface area contributed by atoms with Gasteiger partial charge < -0.3 is 16.0 Å². The molecule has 1 heterocycles. The molecule has 120 valence electrons. The third-order valence-corrected chi connectivity index (χ3v) is 4.16. The van der Waals surface area contributed by atoms with Gasteiger partial charge in [-0.05, 0) is 56.0 Å². The van der Waals surface area contributed by atoms with Crippen molar-refractivity contribution >= 4 is 23.2 Å². The van der Waals surface area contributed by atoms with Crippen LogP contribution in [-0.4, -0.2) is 24.9 Å². The minimum atomic E-state index is -0.122. The molecule has 1 aliphatic heterocycles. The molecule has 1 saturated heterocycles. The van der Waals surface area contributed by atoms with Gasteiger partial charge in [-0.15, -0.1) is 0 Å². The molecule has 3 N–H and O–H groups in total. The SMILES string of the molecule is CC(=O)Nc1cccc(NC(=O)CC(C)C2CCNCC2)c1. The van der Waals surface area contributed by atoms with E-state index in [1.165, 1.54) is 6.92 Å². The average Bonchev–Trinajstić information content (AvgIpc) is 2.47. The second kappa shape index (κ2) is 7.94. The molecule has 1 aromatic carbocycles. The maximum absolute atomic E-state index is 12.2. The molecule has 22 heavy (non-hydrogen) atoms. The average molecular weight is 303 g/mol. The summed E-state index contributed by atoms with van der Waals surface area (Å²) in [5.41, 5.74) is 1.41. The number of rotatable bonds is 5. The largest absolute Gasteiger partial charge is 0.326 e. The highest BCUT2D eigenvalue weighted by molar-refractivity contribution is 5.93. The molecule has 1 unspecified atom stereocenters. The second-order valence-electron chi connectivity index (χ2n) is 6.08. The van der Waals surface area contributed by atoms with Crippen molar-refractivity contribution in [2.45, 2.75) is 33.1 Å². The van der Waals surface area contributed by atoms with E-state index in [1.54, 1.807) is 12.1 Å². The Morgan fingerprint density at radius 1 is 1.23 bits per heavy atom. The third-order valence-electron chi connectivity index (χ3n) is 4.16. The van der Waals surface area contributed by atoms with E-state index in [2.05, 4.69) is 22.9 Å². The van der Waals surface area contributed by atoms with Gasteiger partial charge in [0.15, 0.2) is 0 Å². The number of hydrogen-bond donors (Lipinski definition) is 3. The van der Waals surface area contributed by atoms with Gasteiger partial charge in [0, 0.05) is 24.7 Å². The van der Waals surface area contributed by atoms with Crippen LogP contribution in [-0.2, 0) is 9.59 Å². The van der Waals surface area contributed by atoms with Crippen LogP contribution in [0, 0.1) is 11.8 Å². The van der Waals surface area contributed by atoms with Crippen molar-refractivity contribution in [3.05, 3.63) is 24.3 Å². The Kier molecular flexibility index (Phi) is 5.95. The Bertz CT molecular complexity index is 524. The van der Waals surface area contributed by atoms with E-state index in [-0.39, 0.29) is 11.8 Å². The second-order valence-corrected chi connectivity index (χ2v) is 6.08. The number of carbonyl (C=O) groups excluding carboxylic acids is 2. The normalized spacial score (nSPS) is 16.8. The maximum Gasteiger partial charge on any atom is 0.224 e. The van der Waals surface area contributed by atoms with E-state index in [0.717, 1.165) is 25.9 Å². The third kappa shape index (κ3) is 5.15. The van der Waals surface area contributed by atoms with Crippen LogP contribution >= 0.6 is 0 Å². The van der Waals surface area contributed by atoms with Crippen molar-refractivity contribution in [2.75, 3.05) is 23.7 Å². The first-order valence-electron chi connectivity index (χ1n) is 7.93. The molecular formula is C17H25N3O2. The standard InChI is InChI=1S/C17H25N3O2/c1-12(14-6-8-18-9-7-14)10-17(22)20-16-5-3-4-15(11-16)19-13(2)21/h3-5,11-12,14,18H,6-10H2,1-2H3,(H,19,21)(H,20,22). The molecule has 0 aromatic heterocycles. The van der Waals surface area contributed by atoms with Gasteiger partial charge in [0.2, 0.25) is 11.8 Å². The molecule has 0 saturated carbocycles. The number of nitrogens with one attached hydrogen (secondary N) is 3. The number of anilines is 2. The minimum Gasteiger partial charge on any atom is -0.326 e. The fourth-order valence-corrected chi connectivity index (χ4v) is 2.96. The molecule has 0 bridgehead atoms. The molecule has 0 spiro atoms. The number of benzene rings is 1. The summed E-state index contributed by atoms with van der Waals surface area (Å²) in [6.45, 7) is 5.72. The van der Waals surface area contributed by atoms with Gasteiger partial charge in [0.05, 0.1) is 0 Å². The smallest absolute Gasteiger partial charge is 0.224 e. The summed E-state index contributed by atoms with van der Waals surface area (Å²) in [7, 11) is 0. The zero-order chi connectivity index (χ0) is 15.9. The Morgan fingerprint density at radius 2 is 1.86 bits per heavy atom. The Morgan fingerprint density at radius 3 is 2.50 bits per heavy atom. The topological polar surface area (TPSA) is 70.2 Å². The summed E-state index contributed by atoms with van der Waals surface area (Å²) in [5.74, 6) is 0.923. The van der Waals surface area contributed by atoms with E-state index in [0.29, 0.717) is 29.6 Å². The molecule has 1 atom stereocenters. The van der Waals surface area contributed by atoms with E-state index in [4.69, 9.17) is 0 Å². The quantitative estimate of drug-likeness (QED) is 0.783. The Balaban J connectivity index is 1.87. The van der Waals surface area contributed by atoms with Crippen LogP contribution < -0.4 is 16.0 Å². The van der Waals surface area contributed by atoms with Crippen LogP contribution in [0.4, 0.5) is 11.4 Å². The molecule has 0 aliphatic carbocycles. The van der Waals surface area contributed by atoms with Crippen molar-refractivity contribution < 1.29 is 9.59 Å². The minimum absolute atomic E-state index is 0.0333. The Hall–Kier alpha value is -1.88. The monoisotopic (exact) mass is 303 g/mol. The zero-order valence-corrected chi connectivity index (χ0v) is 13.3. The summed E-state index contributed by atoms with van der Waals surface area (Å²) in [6, 6.07) is 7.22. The van der Waals surface area contributed by atoms with Gasteiger partial charge in [-0.1, -0.05) is 13.0 Å². The molecule has 2 amide bonds. The molecule has 1 aromatic rings. The summed E-state index contributed by atoms with van der Waals surface area (Å²) in [5, 5.41) is 8.98. The lowest BCUT2D eigenvalue weighted by Crippen LogP contribution is -2.32. The van der Waals surface area contributed by atoms with Crippen LogP contribution in [0.5, 0.6) is 0 Å². The van der Waals surface area contributed by atoms with Crippen molar-refractivity contribution in [3.8, 4) is 0 Å². The lowest BCUT2D eigenvalue weighted by atomic mass is 9.84. The van der Waals surface area contributed by atoms with Crippen LogP contribution in [0.15, 0.2) is 24.3 Å². The van der Waals surface area contributed by atoms with Crippen molar-refractivity contribution in [1.82, 2.24) is 5.32 Å². The van der Waals surface area contributed by atoms with Gasteiger partial charge in [-0.3, -0.25) is 9.59 Å². The summed E-state index contributed by atoms with van der Waals surface area (Å²) in [6.07, 6.45) is 2.83. The number of carbonyl (C=O) groups is 2. The predicted molar refractivity (Wildman–Crippen MR) is 88.8 cm³/mol. The van der Waals surface area contributed by atoms with Crippen LogP contribution in [0.25, 0.3) is 0 Å². The zero-order valence-electron chi connectivity index (χ0n) is 13.3. The fourth-order valence-electron chi connectivity index (χ4n) is 2.96. The highest BCUT2D eigenvalue weighted by Gasteiger charge is 2.22. The lowest BCUT2D eigenvalue weighted by Gasteiger charge is -2.27. The van der Waals surface area contributed by atoms with Gasteiger partial charge in [0.1, 0.15) is 0 Å². The Labute approximate surface area is 131 Å². The van der Waals surface area contributed by atoms with E-state index in [1.807, 2.05) is 12.1 Å². The number of hydrogen-bond acceptors (Lipinski definition) is 3. The first-order chi connectivity index (χ1) is 10.5. The molecular weight excluding hydrogens is 278 g/mol. The highest BCUT2D eigenvalue weighted by Crippen LogP contribution is 2.25. The van der Waals surface area contributed by atoms with Crippen LogP contribution in [0.2, 0.25) is 0 Å². The van der Waals surface area contributed by atoms with E-state index >= 15 is 0 Å². The molecule has 5 heteroatoms. The highest BCUT2D eigenvalue weighted by atomic mass is 16.2. The van der Waals surface area contributed by atoms with Crippen molar-refractivity contribution in [2.24, 2.45) is 11.8 Å². The summed E-state index contributed by atoms with van der Waals surface area (Å²) in [4.78, 5) is 23.2. The van der Waals surface area contributed by atoms with Crippen molar-refractivity contribution in [3.63, 3.8) is 0 Å². The first-order valence-corrected chi connectivity index (χ1v) is 7.93. The maximum atomic E-state index is 12.2. The van der Waals surface area contributed by atoms with Crippen molar-refractivity contribution in [1.29, 1.82) is 0 Å². The first kappa shape index (κ1) is 16.5. The van der Waals surface area contributed by atoms with Gasteiger partial charge >= 0.3 is 0 Å². The van der Waals surface area contributed by atoms with Gasteiger partial charge in [0.25, 0.3) is 0 Å². The summed E-state index contributed by atoms with van der Waals surface area (Å²) >= 11 is 0.